The molecule has 1 unspecified atom stereocenters. The normalized spacial score (nSPS) is 12.6. The molecular weight excluding hydrogens is 294 g/mol. The van der Waals surface area contributed by atoms with Crippen LogP contribution in [-0.4, -0.2) is 14.8 Å². The largest absolute Gasteiger partial charge is 0.270 e. The van der Waals surface area contributed by atoms with Crippen molar-refractivity contribution in [3.8, 4) is 0 Å². The highest BCUT2D eigenvalue weighted by atomic mass is 79.9. The molecule has 3 N–H and O–H groups in total. The fraction of sp³-hybridized carbons (Fsp3) is 0.333. The zero-order chi connectivity index (χ0) is 13.0. The predicted octanol–water partition coefficient (Wildman–Crippen LogP) is 2.00. The fourth-order valence-corrected chi connectivity index (χ4v) is 2.43. The Bertz CT molecular complexity index is 496. The third-order valence-corrected chi connectivity index (χ3v) is 3.30. The Morgan fingerprint density at radius 1 is 1.50 bits per heavy atom. The van der Waals surface area contributed by atoms with Crippen LogP contribution >= 0.6 is 15.9 Å². The van der Waals surface area contributed by atoms with Crippen LogP contribution in [0.4, 0.5) is 0 Å². The van der Waals surface area contributed by atoms with Crippen molar-refractivity contribution in [3.63, 3.8) is 0 Å². The highest BCUT2D eigenvalue weighted by Crippen LogP contribution is 2.27. The van der Waals surface area contributed by atoms with Crippen molar-refractivity contribution in [2.24, 2.45) is 5.84 Å². The first-order chi connectivity index (χ1) is 8.77. The number of hydrogen-bond acceptors (Lipinski definition) is 4. The first-order valence-electron chi connectivity index (χ1n) is 5.86. The molecule has 0 spiro atoms. The molecule has 2 heterocycles. The van der Waals surface area contributed by atoms with Gasteiger partial charge in [-0.1, -0.05) is 13.0 Å². The van der Waals surface area contributed by atoms with Crippen LogP contribution in [0, 0.1) is 0 Å². The molecule has 0 fully saturated rings. The second kappa shape index (κ2) is 6.08. The van der Waals surface area contributed by atoms with E-state index in [1.54, 1.807) is 12.4 Å². The summed E-state index contributed by atoms with van der Waals surface area (Å²) in [7, 11) is 0. The van der Waals surface area contributed by atoms with Gasteiger partial charge in [0, 0.05) is 12.7 Å². The van der Waals surface area contributed by atoms with Gasteiger partial charge in [0.2, 0.25) is 0 Å². The summed E-state index contributed by atoms with van der Waals surface area (Å²) in [5.74, 6) is 5.68. The summed E-state index contributed by atoms with van der Waals surface area (Å²) in [6.45, 7) is 2.97. The summed E-state index contributed by atoms with van der Waals surface area (Å²) in [4.78, 5) is 4.34. The monoisotopic (exact) mass is 309 g/mol. The van der Waals surface area contributed by atoms with Gasteiger partial charge in [-0.15, -0.1) is 0 Å². The molecule has 6 heteroatoms. The third kappa shape index (κ3) is 2.60. The minimum Gasteiger partial charge on any atom is -0.270 e. The number of halogens is 1. The van der Waals surface area contributed by atoms with E-state index >= 15 is 0 Å². The summed E-state index contributed by atoms with van der Waals surface area (Å²) in [5, 5.41) is 4.35. The molecule has 0 bridgehead atoms. The van der Waals surface area contributed by atoms with Gasteiger partial charge >= 0.3 is 0 Å². The van der Waals surface area contributed by atoms with Crippen LogP contribution in [0.5, 0.6) is 0 Å². The number of aryl methyl sites for hydroxylation is 1. The molecule has 0 saturated carbocycles. The van der Waals surface area contributed by atoms with Crippen LogP contribution in [0.25, 0.3) is 0 Å². The molecule has 0 aliphatic heterocycles. The SMILES string of the molecule is CCCn1ncc(Br)c1C(NN)c1ccccn1. The predicted molar refractivity (Wildman–Crippen MR) is 73.6 cm³/mol. The van der Waals surface area contributed by atoms with Gasteiger partial charge in [0.15, 0.2) is 0 Å². The summed E-state index contributed by atoms with van der Waals surface area (Å²) in [5.41, 5.74) is 4.68. The van der Waals surface area contributed by atoms with E-state index in [2.05, 4.69) is 38.4 Å². The smallest absolute Gasteiger partial charge is 0.106 e. The van der Waals surface area contributed by atoms with Crippen LogP contribution in [0.15, 0.2) is 35.1 Å². The van der Waals surface area contributed by atoms with E-state index in [1.807, 2.05) is 22.9 Å². The Hall–Kier alpha value is -1.24. The Labute approximate surface area is 115 Å². The molecule has 0 aliphatic rings. The number of nitrogens with two attached hydrogens (primary N) is 1. The van der Waals surface area contributed by atoms with E-state index in [4.69, 9.17) is 5.84 Å². The maximum atomic E-state index is 5.68. The van der Waals surface area contributed by atoms with Gasteiger partial charge < -0.3 is 0 Å². The molecule has 96 valence electrons. The van der Waals surface area contributed by atoms with E-state index in [1.165, 1.54) is 0 Å². The van der Waals surface area contributed by atoms with Crippen molar-refractivity contribution >= 4 is 15.9 Å². The molecule has 2 aromatic rings. The zero-order valence-electron chi connectivity index (χ0n) is 10.2. The topological polar surface area (TPSA) is 68.8 Å². The van der Waals surface area contributed by atoms with Crippen molar-refractivity contribution in [2.45, 2.75) is 25.9 Å². The molecule has 0 radical (unpaired) electrons. The second-order valence-electron chi connectivity index (χ2n) is 3.96. The third-order valence-electron chi connectivity index (χ3n) is 2.69. The molecule has 0 aromatic carbocycles. The molecule has 0 aliphatic carbocycles. The highest BCUT2D eigenvalue weighted by Gasteiger charge is 2.21. The first kappa shape index (κ1) is 13.2. The molecule has 5 nitrogen and oxygen atoms in total. The molecule has 1 atom stereocenters. The molecule has 0 saturated heterocycles. The Morgan fingerprint density at radius 3 is 2.94 bits per heavy atom. The number of hydrogen-bond donors (Lipinski definition) is 2. The molecule has 18 heavy (non-hydrogen) atoms. The van der Waals surface area contributed by atoms with E-state index in [-0.39, 0.29) is 6.04 Å². The second-order valence-corrected chi connectivity index (χ2v) is 4.81. The van der Waals surface area contributed by atoms with Gasteiger partial charge in [-0.05, 0) is 34.5 Å². The van der Waals surface area contributed by atoms with Crippen molar-refractivity contribution in [2.75, 3.05) is 0 Å². The summed E-state index contributed by atoms with van der Waals surface area (Å²) >= 11 is 3.52. The fourth-order valence-electron chi connectivity index (χ4n) is 1.90. The van der Waals surface area contributed by atoms with E-state index < -0.39 is 0 Å². The first-order valence-corrected chi connectivity index (χ1v) is 6.65. The highest BCUT2D eigenvalue weighted by molar-refractivity contribution is 9.10. The van der Waals surface area contributed by atoms with Gasteiger partial charge in [0.05, 0.1) is 22.1 Å². The lowest BCUT2D eigenvalue weighted by Gasteiger charge is -2.17. The van der Waals surface area contributed by atoms with Crippen LogP contribution in [0.1, 0.15) is 30.8 Å². The van der Waals surface area contributed by atoms with Gasteiger partial charge in [-0.25, -0.2) is 5.43 Å². The van der Waals surface area contributed by atoms with Gasteiger partial charge in [-0.2, -0.15) is 5.10 Å². The summed E-state index contributed by atoms with van der Waals surface area (Å²) in [6, 6.07) is 5.60. The number of hydrazine groups is 1. The average molecular weight is 310 g/mol. The summed E-state index contributed by atoms with van der Waals surface area (Å²) < 4.78 is 2.88. The molecule has 2 rings (SSSR count). The van der Waals surface area contributed by atoms with Crippen molar-refractivity contribution in [3.05, 3.63) is 46.5 Å². The van der Waals surface area contributed by atoms with Crippen molar-refractivity contribution in [1.29, 1.82) is 0 Å². The maximum Gasteiger partial charge on any atom is 0.106 e. The number of rotatable bonds is 5. The van der Waals surface area contributed by atoms with Crippen molar-refractivity contribution < 1.29 is 0 Å². The van der Waals surface area contributed by atoms with Crippen molar-refractivity contribution in [1.82, 2.24) is 20.2 Å². The minimum absolute atomic E-state index is 0.172. The van der Waals surface area contributed by atoms with Crippen LogP contribution in [-0.2, 0) is 6.54 Å². The zero-order valence-corrected chi connectivity index (χ0v) is 11.8. The minimum atomic E-state index is -0.172. The van der Waals surface area contributed by atoms with Crippen LogP contribution in [0.3, 0.4) is 0 Å². The molecule has 2 aromatic heterocycles. The lowest BCUT2D eigenvalue weighted by molar-refractivity contribution is 0.513. The van der Waals surface area contributed by atoms with Crippen LogP contribution < -0.4 is 11.3 Å². The molecule has 0 amide bonds. The number of aromatic nitrogens is 3. The maximum absolute atomic E-state index is 5.68. The van der Waals surface area contributed by atoms with Gasteiger partial charge in [-0.3, -0.25) is 15.5 Å². The lowest BCUT2D eigenvalue weighted by atomic mass is 10.1. The average Bonchev–Trinajstić information content (AvgIpc) is 2.75. The van der Waals surface area contributed by atoms with E-state index in [0.717, 1.165) is 28.8 Å². The van der Waals surface area contributed by atoms with E-state index in [0.29, 0.717) is 0 Å². The van der Waals surface area contributed by atoms with Gasteiger partial charge in [0.1, 0.15) is 6.04 Å². The van der Waals surface area contributed by atoms with Crippen LogP contribution in [0.2, 0.25) is 0 Å². The Morgan fingerprint density at radius 2 is 2.33 bits per heavy atom. The number of nitrogens with zero attached hydrogens (tertiary/aromatic N) is 3. The quantitative estimate of drug-likeness (QED) is 0.655. The Kier molecular flexibility index (Phi) is 4.46. The standard InChI is InChI=1S/C12H16BrN5/c1-2-7-18-12(9(13)8-16-18)11(17-14)10-5-3-4-6-15-10/h3-6,8,11,17H,2,7,14H2,1H3. The number of pyridine rings is 1. The number of nitrogens with one attached hydrogen (secondary N) is 1. The lowest BCUT2D eigenvalue weighted by Crippen LogP contribution is -2.31. The molecular formula is C12H16BrN5. The van der Waals surface area contributed by atoms with Gasteiger partial charge in [0.25, 0.3) is 0 Å². The van der Waals surface area contributed by atoms with E-state index in [9.17, 15) is 0 Å². The Balaban J connectivity index is 2.41. The summed E-state index contributed by atoms with van der Waals surface area (Å²) in [6.07, 6.45) is 4.56.